The van der Waals surface area contributed by atoms with Crippen LogP contribution in [0, 0.1) is 13.8 Å². The molecule has 2 N–H and O–H groups in total. The average molecular weight is 287 g/mol. The summed E-state index contributed by atoms with van der Waals surface area (Å²) in [6, 6.07) is 9.57. The molecule has 0 aliphatic carbocycles. The average Bonchev–Trinajstić information content (AvgIpc) is 2.49. The standard InChI is InChI=1S/C17H21NO3/c1-11-6-5-7-13(17(11)19)10-18-14-9-16(21-4)15(20-3)8-12(14)2/h5-9,18-19H,10H2,1-4H3. The summed E-state index contributed by atoms with van der Waals surface area (Å²) in [4.78, 5) is 0. The summed E-state index contributed by atoms with van der Waals surface area (Å²) in [6.45, 7) is 4.44. The minimum Gasteiger partial charge on any atom is -0.507 e. The highest BCUT2D eigenvalue weighted by Gasteiger charge is 2.09. The molecule has 0 aliphatic rings. The van der Waals surface area contributed by atoms with E-state index < -0.39 is 0 Å². The number of benzene rings is 2. The van der Waals surface area contributed by atoms with Crippen molar-refractivity contribution in [2.45, 2.75) is 20.4 Å². The Morgan fingerprint density at radius 2 is 1.67 bits per heavy atom. The Balaban J connectivity index is 2.22. The van der Waals surface area contributed by atoms with Crippen LogP contribution in [-0.2, 0) is 6.54 Å². The van der Waals surface area contributed by atoms with Crippen molar-refractivity contribution in [3.05, 3.63) is 47.0 Å². The van der Waals surface area contributed by atoms with Crippen molar-refractivity contribution in [3.8, 4) is 17.2 Å². The Hall–Kier alpha value is -2.36. The van der Waals surface area contributed by atoms with Crippen molar-refractivity contribution in [1.82, 2.24) is 0 Å². The second kappa shape index (κ2) is 6.39. The molecule has 0 saturated heterocycles. The Kier molecular flexibility index (Phi) is 4.58. The fourth-order valence-electron chi connectivity index (χ4n) is 2.22. The van der Waals surface area contributed by atoms with Gasteiger partial charge in [0, 0.05) is 23.9 Å². The van der Waals surface area contributed by atoms with Crippen LogP contribution in [0.1, 0.15) is 16.7 Å². The van der Waals surface area contributed by atoms with Gasteiger partial charge in [-0.1, -0.05) is 18.2 Å². The van der Waals surface area contributed by atoms with Gasteiger partial charge in [-0.2, -0.15) is 0 Å². The van der Waals surface area contributed by atoms with E-state index in [-0.39, 0.29) is 0 Å². The molecular weight excluding hydrogens is 266 g/mol. The molecule has 0 aliphatic heterocycles. The minimum atomic E-state index is 0.336. The van der Waals surface area contributed by atoms with Crippen LogP contribution in [0.15, 0.2) is 30.3 Å². The van der Waals surface area contributed by atoms with E-state index >= 15 is 0 Å². The molecule has 0 radical (unpaired) electrons. The zero-order valence-corrected chi connectivity index (χ0v) is 12.9. The molecule has 2 aromatic carbocycles. The fraction of sp³-hybridized carbons (Fsp3) is 0.294. The third kappa shape index (κ3) is 3.21. The van der Waals surface area contributed by atoms with E-state index in [9.17, 15) is 5.11 Å². The highest BCUT2D eigenvalue weighted by atomic mass is 16.5. The summed E-state index contributed by atoms with van der Waals surface area (Å²) in [7, 11) is 3.23. The van der Waals surface area contributed by atoms with Gasteiger partial charge >= 0.3 is 0 Å². The number of hydrogen-bond donors (Lipinski definition) is 2. The summed E-state index contributed by atoms with van der Waals surface area (Å²) in [5.74, 6) is 1.72. The van der Waals surface area contributed by atoms with Crippen molar-refractivity contribution < 1.29 is 14.6 Å². The van der Waals surface area contributed by atoms with Crippen LogP contribution >= 0.6 is 0 Å². The van der Waals surface area contributed by atoms with Crippen LogP contribution in [0.3, 0.4) is 0 Å². The first kappa shape index (κ1) is 15.0. The molecule has 0 unspecified atom stereocenters. The molecule has 0 saturated carbocycles. The summed E-state index contributed by atoms with van der Waals surface area (Å²) in [6.07, 6.45) is 0. The lowest BCUT2D eigenvalue weighted by molar-refractivity contribution is 0.355. The lowest BCUT2D eigenvalue weighted by Crippen LogP contribution is -2.03. The normalized spacial score (nSPS) is 10.3. The Bertz CT molecular complexity index is 638. The van der Waals surface area contributed by atoms with E-state index in [1.165, 1.54) is 0 Å². The number of para-hydroxylation sites is 1. The smallest absolute Gasteiger partial charge is 0.162 e. The van der Waals surface area contributed by atoms with Gasteiger partial charge in [-0.05, 0) is 31.0 Å². The van der Waals surface area contributed by atoms with Gasteiger partial charge in [0.2, 0.25) is 0 Å². The predicted molar refractivity (Wildman–Crippen MR) is 84.5 cm³/mol. The monoisotopic (exact) mass is 287 g/mol. The number of aryl methyl sites for hydroxylation is 2. The molecule has 4 nitrogen and oxygen atoms in total. The number of phenols is 1. The van der Waals surface area contributed by atoms with E-state index in [0.717, 1.165) is 22.4 Å². The molecule has 0 heterocycles. The van der Waals surface area contributed by atoms with Gasteiger partial charge < -0.3 is 19.9 Å². The van der Waals surface area contributed by atoms with E-state index in [1.54, 1.807) is 14.2 Å². The van der Waals surface area contributed by atoms with Gasteiger partial charge in [0.1, 0.15) is 5.75 Å². The van der Waals surface area contributed by atoms with E-state index in [2.05, 4.69) is 5.32 Å². The van der Waals surface area contributed by atoms with Gasteiger partial charge in [-0.25, -0.2) is 0 Å². The van der Waals surface area contributed by atoms with E-state index in [4.69, 9.17) is 9.47 Å². The minimum absolute atomic E-state index is 0.336. The topological polar surface area (TPSA) is 50.7 Å². The van der Waals surface area contributed by atoms with Crippen molar-refractivity contribution in [2.24, 2.45) is 0 Å². The second-order valence-electron chi connectivity index (χ2n) is 4.96. The van der Waals surface area contributed by atoms with Crippen molar-refractivity contribution in [1.29, 1.82) is 0 Å². The highest BCUT2D eigenvalue weighted by molar-refractivity contribution is 5.60. The maximum Gasteiger partial charge on any atom is 0.162 e. The first-order chi connectivity index (χ1) is 10.1. The largest absolute Gasteiger partial charge is 0.507 e. The van der Waals surface area contributed by atoms with Gasteiger partial charge in [-0.3, -0.25) is 0 Å². The molecule has 0 spiro atoms. The molecule has 0 amide bonds. The second-order valence-corrected chi connectivity index (χ2v) is 4.96. The maximum atomic E-state index is 10.0. The first-order valence-corrected chi connectivity index (χ1v) is 6.80. The van der Waals surface area contributed by atoms with Crippen LogP contribution in [0.5, 0.6) is 17.2 Å². The Morgan fingerprint density at radius 1 is 1.00 bits per heavy atom. The zero-order valence-electron chi connectivity index (χ0n) is 12.9. The number of ether oxygens (including phenoxy) is 2. The lowest BCUT2D eigenvalue weighted by atomic mass is 10.1. The third-order valence-electron chi connectivity index (χ3n) is 3.52. The number of phenolic OH excluding ortho intramolecular Hbond substituents is 1. The van der Waals surface area contributed by atoms with E-state index in [0.29, 0.717) is 23.8 Å². The summed E-state index contributed by atoms with van der Waals surface area (Å²) >= 11 is 0. The third-order valence-corrected chi connectivity index (χ3v) is 3.52. The highest BCUT2D eigenvalue weighted by Crippen LogP contribution is 2.33. The first-order valence-electron chi connectivity index (χ1n) is 6.80. The number of hydrogen-bond acceptors (Lipinski definition) is 4. The van der Waals surface area contributed by atoms with Gasteiger partial charge in [0.05, 0.1) is 14.2 Å². The molecule has 0 fully saturated rings. The summed E-state index contributed by atoms with van der Waals surface area (Å²) in [5.41, 5.74) is 3.75. The van der Waals surface area contributed by atoms with Crippen LogP contribution in [0.2, 0.25) is 0 Å². The Labute approximate surface area is 125 Å². The SMILES string of the molecule is COc1cc(C)c(NCc2cccc(C)c2O)cc1OC. The van der Waals surface area contributed by atoms with Crippen LogP contribution < -0.4 is 14.8 Å². The van der Waals surface area contributed by atoms with Gasteiger partial charge in [0.25, 0.3) is 0 Å². The molecular formula is C17H21NO3. The maximum absolute atomic E-state index is 10.0. The van der Waals surface area contributed by atoms with Crippen molar-refractivity contribution >= 4 is 5.69 Å². The number of rotatable bonds is 5. The molecule has 21 heavy (non-hydrogen) atoms. The quantitative estimate of drug-likeness (QED) is 0.881. The molecule has 2 aromatic rings. The molecule has 112 valence electrons. The predicted octanol–water partition coefficient (Wildman–Crippen LogP) is 3.64. The number of nitrogens with one attached hydrogen (secondary N) is 1. The summed E-state index contributed by atoms with van der Waals surface area (Å²) in [5, 5.41) is 13.4. The number of methoxy groups -OCH3 is 2. The number of aromatic hydroxyl groups is 1. The molecule has 2 rings (SSSR count). The molecule has 4 heteroatoms. The summed E-state index contributed by atoms with van der Waals surface area (Å²) < 4.78 is 10.6. The zero-order chi connectivity index (χ0) is 15.4. The Morgan fingerprint density at radius 3 is 2.33 bits per heavy atom. The number of anilines is 1. The fourth-order valence-corrected chi connectivity index (χ4v) is 2.22. The van der Waals surface area contributed by atoms with E-state index in [1.807, 2.05) is 44.2 Å². The van der Waals surface area contributed by atoms with Gasteiger partial charge in [0.15, 0.2) is 11.5 Å². The van der Waals surface area contributed by atoms with Gasteiger partial charge in [-0.15, -0.1) is 0 Å². The molecule has 0 atom stereocenters. The lowest BCUT2D eigenvalue weighted by Gasteiger charge is -2.15. The van der Waals surface area contributed by atoms with Crippen LogP contribution in [0.25, 0.3) is 0 Å². The molecule has 0 bridgehead atoms. The molecule has 0 aromatic heterocycles. The van der Waals surface area contributed by atoms with Crippen LogP contribution in [-0.4, -0.2) is 19.3 Å². The van der Waals surface area contributed by atoms with Crippen molar-refractivity contribution in [2.75, 3.05) is 19.5 Å². The van der Waals surface area contributed by atoms with Crippen molar-refractivity contribution in [3.63, 3.8) is 0 Å². The van der Waals surface area contributed by atoms with Crippen LogP contribution in [0.4, 0.5) is 5.69 Å².